The molecule has 1 N–H and O–H groups in total. The highest BCUT2D eigenvalue weighted by Crippen LogP contribution is 2.09. The van der Waals surface area contributed by atoms with E-state index < -0.39 is 0 Å². The van der Waals surface area contributed by atoms with E-state index in [0.717, 1.165) is 12.4 Å². The lowest BCUT2D eigenvalue weighted by atomic mass is 10.1. The molecule has 0 heterocycles. The third kappa shape index (κ3) is 14.9. The fourth-order valence-corrected chi connectivity index (χ4v) is 2.57. The molecule has 1 aromatic rings. The van der Waals surface area contributed by atoms with E-state index in [1.54, 1.807) is 0 Å². The third-order valence-electron chi connectivity index (χ3n) is 4.05. The summed E-state index contributed by atoms with van der Waals surface area (Å²) in [7, 11) is 0. The summed E-state index contributed by atoms with van der Waals surface area (Å²) in [5, 5.41) is 0. The van der Waals surface area contributed by atoms with Crippen molar-refractivity contribution in [2.75, 3.05) is 33.0 Å². The Labute approximate surface area is 154 Å². The van der Waals surface area contributed by atoms with Gasteiger partial charge >= 0.3 is 0 Å². The first-order valence-electron chi connectivity index (χ1n) is 10.0. The van der Waals surface area contributed by atoms with Crippen LogP contribution in [0.4, 0.5) is 0 Å². The number of hydroxylamine groups is 1. The predicted molar refractivity (Wildman–Crippen MR) is 104 cm³/mol. The van der Waals surface area contributed by atoms with Gasteiger partial charge in [-0.3, -0.25) is 0 Å². The molecule has 1 aromatic carbocycles. The zero-order chi connectivity index (χ0) is 17.8. The number of nitrogens with one attached hydrogen (secondary N) is 1. The number of unbranched alkanes of at least 4 members (excludes halogenated alkanes) is 8. The Morgan fingerprint density at radius 1 is 0.680 bits per heavy atom. The summed E-state index contributed by atoms with van der Waals surface area (Å²) in [5.74, 6) is 0.812. The van der Waals surface area contributed by atoms with Crippen LogP contribution in [0.3, 0.4) is 0 Å². The van der Waals surface area contributed by atoms with Gasteiger partial charge in [0.15, 0.2) is 0 Å². The van der Waals surface area contributed by atoms with Crippen molar-refractivity contribution in [3.63, 3.8) is 0 Å². The van der Waals surface area contributed by atoms with Gasteiger partial charge in [0.05, 0.1) is 26.4 Å². The van der Waals surface area contributed by atoms with Gasteiger partial charge < -0.3 is 14.3 Å². The van der Waals surface area contributed by atoms with Gasteiger partial charge in [-0.15, -0.1) is 0 Å². The summed E-state index contributed by atoms with van der Waals surface area (Å²) in [6.45, 7) is 5.72. The Hall–Kier alpha value is -1.10. The van der Waals surface area contributed by atoms with E-state index in [2.05, 4.69) is 12.4 Å². The van der Waals surface area contributed by atoms with Crippen LogP contribution in [0, 0.1) is 0 Å². The monoisotopic (exact) mass is 351 g/mol. The second-order valence-electron chi connectivity index (χ2n) is 6.36. The Bertz CT molecular complexity index is 373. The molecule has 0 saturated carbocycles. The molecule has 0 aliphatic rings. The molecule has 0 atom stereocenters. The van der Waals surface area contributed by atoms with Crippen molar-refractivity contribution in [3.8, 4) is 5.75 Å². The van der Waals surface area contributed by atoms with Crippen molar-refractivity contribution in [1.82, 2.24) is 5.48 Å². The van der Waals surface area contributed by atoms with E-state index >= 15 is 0 Å². The standard InChI is InChI=1S/C21H37NO3/c1-2-3-4-5-6-7-8-9-13-17-23-19-20-24-18-16-22-25-21-14-11-10-12-15-21/h10-12,14-15,22H,2-9,13,16-20H2,1H3. The predicted octanol–water partition coefficient (Wildman–Crippen LogP) is 5.13. The zero-order valence-corrected chi connectivity index (χ0v) is 16.0. The Morgan fingerprint density at radius 3 is 1.96 bits per heavy atom. The first-order chi connectivity index (χ1) is 12.4. The van der Waals surface area contributed by atoms with Gasteiger partial charge in [-0.2, -0.15) is 5.48 Å². The number of ether oxygens (including phenoxy) is 2. The van der Waals surface area contributed by atoms with Gasteiger partial charge in [0.25, 0.3) is 0 Å². The summed E-state index contributed by atoms with van der Waals surface area (Å²) in [4.78, 5) is 5.36. The molecular weight excluding hydrogens is 314 g/mol. The Balaban J connectivity index is 1.69. The van der Waals surface area contributed by atoms with E-state index in [4.69, 9.17) is 14.3 Å². The van der Waals surface area contributed by atoms with Gasteiger partial charge in [0.2, 0.25) is 0 Å². The molecule has 0 unspecified atom stereocenters. The van der Waals surface area contributed by atoms with Crippen LogP contribution in [-0.2, 0) is 9.47 Å². The maximum Gasteiger partial charge on any atom is 0.147 e. The minimum atomic E-state index is 0.619. The molecule has 0 aromatic heterocycles. The summed E-state index contributed by atoms with van der Waals surface area (Å²) >= 11 is 0. The molecule has 0 aliphatic heterocycles. The average Bonchev–Trinajstić information content (AvgIpc) is 2.65. The lowest BCUT2D eigenvalue weighted by Crippen LogP contribution is -2.24. The molecule has 0 bridgehead atoms. The van der Waals surface area contributed by atoms with Crippen LogP contribution in [0.1, 0.15) is 64.7 Å². The van der Waals surface area contributed by atoms with Crippen LogP contribution in [-0.4, -0.2) is 33.0 Å². The van der Waals surface area contributed by atoms with Crippen molar-refractivity contribution in [1.29, 1.82) is 0 Å². The highest BCUT2D eigenvalue weighted by atomic mass is 16.6. The van der Waals surface area contributed by atoms with Crippen LogP contribution in [0.15, 0.2) is 30.3 Å². The molecule has 0 saturated heterocycles. The van der Waals surface area contributed by atoms with Gasteiger partial charge in [-0.05, 0) is 18.6 Å². The second kappa shape index (κ2) is 17.7. The third-order valence-corrected chi connectivity index (χ3v) is 4.05. The average molecular weight is 352 g/mol. The van der Waals surface area contributed by atoms with Crippen LogP contribution in [0.5, 0.6) is 5.75 Å². The van der Waals surface area contributed by atoms with E-state index in [0.29, 0.717) is 26.4 Å². The number of hydrogen-bond donors (Lipinski definition) is 1. The maximum atomic E-state index is 5.59. The largest absolute Gasteiger partial charge is 0.409 e. The summed E-state index contributed by atoms with van der Waals surface area (Å²) in [5.41, 5.74) is 2.88. The van der Waals surface area contributed by atoms with Crippen molar-refractivity contribution in [2.45, 2.75) is 64.7 Å². The molecule has 4 nitrogen and oxygen atoms in total. The summed E-state index contributed by atoms with van der Waals surface area (Å²) < 4.78 is 11.1. The molecule has 0 amide bonds. The smallest absolute Gasteiger partial charge is 0.147 e. The minimum Gasteiger partial charge on any atom is -0.409 e. The van der Waals surface area contributed by atoms with Crippen molar-refractivity contribution in [3.05, 3.63) is 30.3 Å². The molecule has 0 spiro atoms. The Kier molecular flexibility index (Phi) is 15.5. The summed E-state index contributed by atoms with van der Waals surface area (Å²) in [6.07, 6.45) is 12.1. The van der Waals surface area contributed by atoms with Gasteiger partial charge in [-0.1, -0.05) is 76.5 Å². The zero-order valence-electron chi connectivity index (χ0n) is 16.0. The Morgan fingerprint density at radius 2 is 1.28 bits per heavy atom. The molecule has 0 radical (unpaired) electrons. The molecule has 1 rings (SSSR count). The highest BCUT2D eigenvalue weighted by Gasteiger charge is 1.94. The van der Waals surface area contributed by atoms with E-state index in [-0.39, 0.29) is 0 Å². The number of rotatable bonds is 18. The molecule has 0 fully saturated rings. The molecule has 4 heteroatoms. The lowest BCUT2D eigenvalue weighted by molar-refractivity contribution is 0.0389. The minimum absolute atomic E-state index is 0.619. The first kappa shape index (κ1) is 21.9. The number of benzene rings is 1. The quantitative estimate of drug-likeness (QED) is 0.294. The molecule has 0 aliphatic carbocycles. The second-order valence-corrected chi connectivity index (χ2v) is 6.36. The van der Waals surface area contributed by atoms with E-state index in [9.17, 15) is 0 Å². The molecule has 25 heavy (non-hydrogen) atoms. The normalized spacial score (nSPS) is 10.9. The SMILES string of the molecule is CCCCCCCCCCCOCCOCCNOc1ccccc1. The van der Waals surface area contributed by atoms with Crippen LogP contribution in [0.2, 0.25) is 0 Å². The van der Waals surface area contributed by atoms with Gasteiger partial charge in [0, 0.05) is 6.61 Å². The van der Waals surface area contributed by atoms with Crippen LogP contribution in [0.25, 0.3) is 0 Å². The van der Waals surface area contributed by atoms with E-state index in [1.807, 2.05) is 30.3 Å². The fraction of sp³-hybridized carbons (Fsp3) is 0.714. The topological polar surface area (TPSA) is 39.7 Å². The van der Waals surface area contributed by atoms with Gasteiger partial charge in [-0.25, -0.2) is 0 Å². The van der Waals surface area contributed by atoms with Crippen molar-refractivity contribution >= 4 is 0 Å². The first-order valence-corrected chi connectivity index (χ1v) is 10.0. The molecular formula is C21H37NO3. The lowest BCUT2D eigenvalue weighted by Gasteiger charge is -2.08. The fourth-order valence-electron chi connectivity index (χ4n) is 2.57. The van der Waals surface area contributed by atoms with Crippen LogP contribution >= 0.6 is 0 Å². The van der Waals surface area contributed by atoms with Crippen LogP contribution < -0.4 is 10.3 Å². The van der Waals surface area contributed by atoms with Crippen molar-refractivity contribution < 1.29 is 14.3 Å². The maximum absolute atomic E-state index is 5.59. The molecule has 144 valence electrons. The number of hydrogen-bond acceptors (Lipinski definition) is 4. The van der Waals surface area contributed by atoms with Crippen molar-refractivity contribution in [2.24, 2.45) is 0 Å². The van der Waals surface area contributed by atoms with E-state index in [1.165, 1.54) is 57.8 Å². The van der Waals surface area contributed by atoms with Gasteiger partial charge in [0.1, 0.15) is 5.75 Å². The number of para-hydroxylation sites is 1. The highest BCUT2D eigenvalue weighted by molar-refractivity contribution is 5.20. The summed E-state index contributed by atoms with van der Waals surface area (Å²) in [6, 6.07) is 9.67.